The minimum atomic E-state index is -4.52. The highest BCUT2D eigenvalue weighted by molar-refractivity contribution is 9.09. The number of alkyl halides is 4. The summed E-state index contributed by atoms with van der Waals surface area (Å²) < 4.78 is 37.3. The third kappa shape index (κ3) is 3.58. The Morgan fingerprint density at radius 2 is 1.88 bits per heavy atom. The molecule has 1 rings (SSSR count). The predicted octanol–water partition coefficient (Wildman–Crippen LogP) is 3.15. The zero-order valence-corrected chi connectivity index (χ0v) is 10.7. The molecule has 17 heavy (non-hydrogen) atoms. The fourth-order valence-electron chi connectivity index (χ4n) is 1.24. The third-order valence-corrected chi connectivity index (χ3v) is 3.17. The van der Waals surface area contributed by atoms with Gasteiger partial charge in [-0.15, -0.1) is 0 Å². The maximum Gasteiger partial charge on any atom is 0.416 e. The highest BCUT2D eigenvalue weighted by Gasteiger charge is 2.32. The van der Waals surface area contributed by atoms with Crippen LogP contribution in [-0.4, -0.2) is 21.6 Å². The van der Waals surface area contributed by atoms with Gasteiger partial charge in [0.15, 0.2) is 0 Å². The standard InChI is InChI=1S/C10H9BrClF3O2/c11-4-8(16)9(17)6-3-5(10(13,14)15)1-2-7(6)12/h1-3,8-9,16-17H,4H2. The lowest BCUT2D eigenvalue weighted by molar-refractivity contribution is -0.137. The first-order valence-electron chi connectivity index (χ1n) is 4.56. The van der Waals surface area contributed by atoms with Crippen molar-refractivity contribution in [3.8, 4) is 0 Å². The van der Waals surface area contributed by atoms with E-state index in [9.17, 15) is 23.4 Å². The van der Waals surface area contributed by atoms with E-state index in [4.69, 9.17) is 11.6 Å². The molecule has 0 amide bonds. The van der Waals surface area contributed by atoms with E-state index < -0.39 is 23.9 Å². The van der Waals surface area contributed by atoms with Crippen molar-refractivity contribution >= 4 is 27.5 Å². The van der Waals surface area contributed by atoms with Crippen molar-refractivity contribution in [2.45, 2.75) is 18.4 Å². The van der Waals surface area contributed by atoms with E-state index in [0.717, 1.165) is 18.2 Å². The molecule has 0 spiro atoms. The van der Waals surface area contributed by atoms with Crippen LogP contribution in [0.1, 0.15) is 17.2 Å². The second-order valence-electron chi connectivity index (χ2n) is 3.40. The minimum absolute atomic E-state index is 0.0227. The summed E-state index contributed by atoms with van der Waals surface area (Å²) in [5.41, 5.74) is -1.06. The van der Waals surface area contributed by atoms with Gasteiger partial charge in [-0.05, 0) is 18.2 Å². The molecule has 0 aliphatic carbocycles. The molecule has 2 nitrogen and oxygen atoms in total. The van der Waals surface area contributed by atoms with Gasteiger partial charge in [0.2, 0.25) is 0 Å². The topological polar surface area (TPSA) is 40.5 Å². The monoisotopic (exact) mass is 332 g/mol. The average molecular weight is 334 g/mol. The number of halogens is 5. The van der Waals surface area contributed by atoms with E-state index in [1.807, 2.05) is 0 Å². The SMILES string of the molecule is OC(CBr)C(O)c1cc(C(F)(F)F)ccc1Cl. The van der Waals surface area contributed by atoms with Gasteiger partial charge in [0.25, 0.3) is 0 Å². The van der Waals surface area contributed by atoms with Gasteiger partial charge in [-0.1, -0.05) is 27.5 Å². The summed E-state index contributed by atoms with van der Waals surface area (Å²) in [4.78, 5) is 0. The van der Waals surface area contributed by atoms with E-state index in [1.165, 1.54) is 0 Å². The number of rotatable bonds is 3. The van der Waals surface area contributed by atoms with Crippen molar-refractivity contribution in [1.82, 2.24) is 0 Å². The summed E-state index contributed by atoms with van der Waals surface area (Å²) in [6, 6.07) is 2.60. The lowest BCUT2D eigenvalue weighted by atomic mass is 10.0. The van der Waals surface area contributed by atoms with Crippen molar-refractivity contribution in [3.05, 3.63) is 34.3 Å². The van der Waals surface area contributed by atoms with Gasteiger partial charge in [-0.2, -0.15) is 13.2 Å². The zero-order chi connectivity index (χ0) is 13.2. The minimum Gasteiger partial charge on any atom is -0.389 e. The molecule has 0 heterocycles. The number of aliphatic hydroxyl groups excluding tert-OH is 2. The Morgan fingerprint density at radius 3 is 2.35 bits per heavy atom. The molecule has 7 heteroatoms. The zero-order valence-electron chi connectivity index (χ0n) is 8.38. The third-order valence-electron chi connectivity index (χ3n) is 2.16. The summed E-state index contributed by atoms with van der Waals surface area (Å²) in [6.07, 6.45) is -7.21. The van der Waals surface area contributed by atoms with Crippen LogP contribution in [-0.2, 0) is 6.18 Å². The van der Waals surface area contributed by atoms with Crippen LogP contribution in [0.4, 0.5) is 13.2 Å². The molecule has 0 aliphatic heterocycles. The second kappa shape index (κ2) is 5.56. The smallest absolute Gasteiger partial charge is 0.389 e. The highest BCUT2D eigenvalue weighted by Crippen LogP contribution is 2.34. The fraction of sp³-hybridized carbons (Fsp3) is 0.400. The first kappa shape index (κ1) is 14.8. The lowest BCUT2D eigenvalue weighted by Crippen LogP contribution is -2.20. The molecular weight excluding hydrogens is 324 g/mol. The first-order chi connectivity index (χ1) is 7.77. The molecule has 0 fully saturated rings. The van der Waals surface area contributed by atoms with Crippen LogP contribution in [0.5, 0.6) is 0 Å². The van der Waals surface area contributed by atoms with Crippen molar-refractivity contribution in [2.75, 3.05) is 5.33 Å². The van der Waals surface area contributed by atoms with E-state index in [1.54, 1.807) is 0 Å². The number of benzene rings is 1. The molecule has 2 unspecified atom stereocenters. The quantitative estimate of drug-likeness (QED) is 0.834. The summed E-state index contributed by atoms with van der Waals surface area (Å²) in [7, 11) is 0. The van der Waals surface area contributed by atoms with Crippen molar-refractivity contribution < 1.29 is 23.4 Å². The van der Waals surface area contributed by atoms with Gasteiger partial charge in [-0.25, -0.2) is 0 Å². The van der Waals surface area contributed by atoms with Gasteiger partial charge in [0.05, 0.1) is 11.7 Å². The van der Waals surface area contributed by atoms with Gasteiger partial charge >= 0.3 is 6.18 Å². The van der Waals surface area contributed by atoms with Crippen molar-refractivity contribution in [2.24, 2.45) is 0 Å². The predicted molar refractivity (Wildman–Crippen MR) is 61.2 cm³/mol. The lowest BCUT2D eigenvalue weighted by Gasteiger charge is -2.18. The van der Waals surface area contributed by atoms with E-state index in [-0.39, 0.29) is 15.9 Å². The van der Waals surface area contributed by atoms with Crippen LogP contribution in [0.2, 0.25) is 5.02 Å². The molecule has 0 saturated carbocycles. The molecule has 0 radical (unpaired) electrons. The molecule has 96 valence electrons. The summed E-state index contributed by atoms with van der Waals surface area (Å²) in [5.74, 6) is 0. The second-order valence-corrected chi connectivity index (χ2v) is 4.46. The molecule has 0 aromatic heterocycles. The summed E-state index contributed by atoms with van der Waals surface area (Å²) >= 11 is 8.61. The first-order valence-corrected chi connectivity index (χ1v) is 6.06. The Balaban J connectivity index is 3.15. The van der Waals surface area contributed by atoms with Crippen LogP contribution in [0.25, 0.3) is 0 Å². The Bertz CT molecular complexity index is 398. The van der Waals surface area contributed by atoms with E-state index in [0.29, 0.717) is 0 Å². The van der Waals surface area contributed by atoms with Crippen molar-refractivity contribution in [1.29, 1.82) is 0 Å². The van der Waals surface area contributed by atoms with Crippen LogP contribution in [0, 0.1) is 0 Å². The molecule has 0 aliphatic rings. The normalized spacial score (nSPS) is 15.7. The van der Waals surface area contributed by atoms with Gasteiger partial charge in [0.1, 0.15) is 6.10 Å². The van der Waals surface area contributed by atoms with Crippen molar-refractivity contribution in [3.63, 3.8) is 0 Å². The number of aliphatic hydroxyl groups is 2. The van der Waals surface area contributed by atoms with E-state index in [2.05, 4.69) is 15.9 Å². The molecular formula is C10H9BrClF3O2. The molecule has 2 N–H and O–H groups in total. The molecule has 2 atom stereocenters. The fourth-order valence-corrected chi connectivity index (χ4v) is 1.82. The van der Waals surface area contributed by atoms with Gasteiger partial charge < -0.3 is 10.2 Å². The summed E-state index contributed by atoms with van der Waals surface area (Å²) in [5, 5.41) is 19.0. The highest BCUT2D eigenvalue weighted by atomic mass is 79.9. The average Bonchev–Trinajstić information content (AvgIpc) is 2.26. The largest absolute Gasteiger partial charge is 0.416 e. The molecule has 0 saturated heterocycles. The van der Waals surface area contributed by atoms with Crippen LogP contribution in [0.15, 0.2) is 18.2 Å². The van der Waals surface area contributed by atoms with Crippen LogP contribution < -0.4 is 0 Å². The maximum absolute atomic E-state index is 12.4. The Kier molecular flexibility index (Phi) is 4.83. The van der Waals surface area contributed by atoms with Crippen LogP contribution in [0.3, 0.4) is 0 Å². The van der Waals surface area contributed by atoms with Gasteiger partial charge in [0, 0.05) is 15.9 Å². The molecule has 0 bridgehead atoms. The Morgan fingerprint density at radius 1 is 1.29 bits per heavy atom. The molecule has 1 aromatic rings. The Hall–Kier alpha value is -0.300. The number of hydrogen-bond acceptors (Lipinski definition) is 2. The summed E-state index contributed by atoms with van der Waals surface area (Å²) in [6.45, 7) is 0. The maximum atomic E-state index is 12.4. The number of hydrogen-bond donors (Lipinski definition) is 2. The van der Waals surface area contributed by atoms with Crippen LogP contribution >= 0.6 is 27.5 Å². The molecule has 1 aromatic carbocycles. The van der Waals surface area contributed by atoms with Gasteiger partial charge in [-0.3, -0.25) is 0 Å². The Labute approximate surface area is 109 Å². The van der Waals surface area contributed by atoms with E-state index >= 15 is 0 Å².